The first-order valence-electron chi connectivity index (χ1n) is 8.29. The smallest absolute Gasteiger partial charge is 0.277 e. The van der Waals surface area contributed by atoms with Gasteiger partial charge in [0.2, 0.25) is 0 Å². The molecule has 27 heavy (non-hydrogen) atoms. The van der Waals surface area contributed by atoms with Crippen molar-refractivity contribution in [3.8, 4) is 11.3 Å². The summed E-state index contributed by atoms with van der Waals surface area (Å²) in [5.74, 6) is -0.433. The Kier molecular flexibility index (Phi) is 4.51. The van der Waals surface area contributed by atoms with Gasteiger partial charge in [-0.25, -0.2) is 8.91 Å². The molecular formula is C20H15ClFN3O2. The Bertz CT molecular complexity index is 1190. The normalized spacial score (nSPS) is 11.2. The van der Waals surface area contributed by atoms with E-state index in [1.807, 2.05) is 30.3 Å². The number of fused-ring (bicyclic) bond motifs is 1. The molecule has 0 fully saturated rings. The van der Waals surface area contributed by atoms with Gasteiger partial charge in [0.25, 0.3) is 5.56 Å². The van der Waals surface area contributed by atoms with Crippen LogP contribution in [-0.4, -0.2) is 19.3 Å². The van der Waals surface area contributed by atoms with Crippen molar-refractivity contribution in [1.29, 1.82) is 0 Å². The van der Waals surface area contributed by atoms with E-state index in [0.29, 0.717) is 22.3 Å². The van der Waals surface area contributed by atoms with E-state index < -0.39 is 5.82 Å². The van der Waals surface area contributed by atoms with Crippen molar-refractivity contribution in [2.24, 2.45) is 0 Å². The Hall–Kier alpha value is -2.96. The summed E-state index contributed by atoms with van der Waals surface area (Å²) in [5.41, 5.74) is 2.46. The van der Waals surface area contributed by atoms with E-state index in [1.165, 1.54) is 21.2 Å². The maximum atomic E-state index is 13.2. The van der Waals surface area contributed by atoms with Crippen molar-refractivity contribution in [2.75, 3.05) is 0 Å². The van der Waals surface area contributed by atoms with Crippen LogP contribution in [0, 0.1) is 5.82 Å². The number of hydrogen-bond donors (Lipinski definition) is 1. The van der Waals surface area contributed by atoms with Crippen molar-refractivity contribution >= 4 is 17.1 Å². The van der Waals surface area contributed by atoms with Gasteiger partial charge in [-0.3, -0.25) is 4.79 Å². The second kappa shape index (κ2) is 6.98. The summed E-state index contributed by atoms with van der Waals surface area (Å²) < 4.78 is 16.2. The number of benzene rings is 2. The molecule has 0 aliphatic carbocycles. The highest BCUT2D eigenvalue weighted by Gasteiger charge is 2.18. The largest absolute Gasteiger partial charge is 0.392 e. The quantitative estimate of drug-likeness (QED) is 0.586. The van der Waals surface area contributed by atoms with Crippen molar-refractivity contribution in [3.63, 3.8) is 0 Å². The van der Waals surface area contributed by atoms with Crippen LogP contribution in [-0.2, 0) is 13.2 Å². The number of rotatable bonds is 4. The first kappa shape index (κ1) is 17.5. The Morgan fingerprint density at radius 3 is 2.59 bits per heavy atom. The lowest BCUT2D eigenvalue weighted by Crippen LogP contribution is -2.22. The third-order valence-electron chi connectivity index (χ3n) is 4.42. The van der Waals surface area contributed by atoms with Crippen LogP contribution >= 0.6 is 11.6 Å². The van der Waals surface area contributed by atoms with Crippen LogP contribution in [0.2, 0.25) is 5.02 Å². The van der Waals surface area contributed by atoms with Crippen LogP contribution in [0.25, 0.3) is 16.8 Å². The molecule has 2 aromatic heterocycles. The minimum absolute atomic E-state index is 0.186. The summed E-state index contributed by atoms with van der Waals surface area (Å²) in [6, 6.07) is 13.4. The lowest BCUT2D eigenvalue weighted by Gasteiger charge is -2.08. The zero-order valence-corrected chi connectivity index (χ0v) is 14.9. The highest BCUT2D eigenvalue weighted by molar-refractivity contribution is 6.31. The van der Waals surface area contributed by atoms with E-state index in [9.17, 15) is 14.3 Å². The number of hydrogen-bond acceptors (Lipinski definition) is 3. The molecule has 136 valence electrons. The van der Waals surface area contributed by atoms with Gasteiger partial charge in [0.15, 0.2) is 0 Å². The lowest BCUT2D eigenvalue weighted by atomic mass is 10.1. The van der Waals surface area contributed by atoms with Gasteiger partial charge < -0.3 is 9.67 Å². The van der Waals surface area contributed by atoms with Gasteiger partial charge in [-0.15, -0.1) is 0 Å². The van der Waals surface area contributed by atoms with Crippen molar-refractivity contribution in [1.82, 2.24) is 14.2 Å². The first-order chi connectivity index (χ1) is 13.1. The Morgan fingerprint density at radius 1 is 1.11 bits per heavy atom. The van der Waals surface area contributed by atoms with Gasteiger partial charge >= 0.3 is 0 Å². The molecule has 0 saturated carbocycles. The average molecular weight is 384 g/mol. The van der Waals surface area contributed by atoms with Crippen molar-refractivity contribution in [3.05, 3.63) is 93.2 Å². The van der Waals surface area contributed by atoms with Gasteiger partial charge in [-0.05, 0) is 17.7 Å². The van der Waals surface area contributed by atoms with Gasteiger partial charge in [0.05, 0.1) is 18.8 Å². The van der Waals surface area contributed by atoms with E-state index in [0.717, 1.165) is 5.56 Å². The summed E-state index contributed by atoms with van der Waals surface area (Å²) in [5, 5.41) is 14.6. The standard InChI is InChI=1S/C20H15ClFN3O2/c21-17-10-15(22)7-6-14(17)11-24-8-9-25-19(20(24)27)16(12-26)18(23-25)13-4-2-1-3-5-13/h1-10,26H,11-12H2. The summed E-state index contributed by atoms with van der Waals surface area (Å²) >= 11 is 6.08. The topological polar surface area (TPSA) is 59.5 Å². The number of aliphatic hydroxyl groups excluding tert-OH is 1. The van der Waals surface area contributed by atoms with Gasteiger partial charge in [0.1, 0.15) is 11.3 Å². The molecule has 0 aliphatic heterocycles. The maximum Gasteiger partial charge on any atom is 0.277 e. The van der Waals surface area contributed by atoms with Crippen LogP contribution in [0.15, 0.2) is 65.7 Å². The number of aromatic nitrogens is 3. The molecule has 0 aliphatic rings. The van der Waals surface area contributed by atoms with E-state index in [4.69, 9.17) is 11.6 Å². The summed E-state index contributed by atoms with van der Waals surface area (Å²) in [7, 11) is 0. The maximum absolute atomic E-state index is 13.2. The minimum Gasteiger partial charge on any atom is -0.392 e. The zero-order valence-electron chi connectivity index (χ0n) is 14.1. The second-order valence-corrected chi connectivity index (χ2v) is 6.52. The van der Waals surface area contributed by atoms with Crippen molar-refractivity contribution < 1.29 is 9.50 Å². The molecule has 0 radical (unpaired) electrons. The predicted octanol–water partition coefficient (Wildman–Crippen LogP) is 3.50. The molecule has 5 nitrogen and oxygen atoms in total. The van der Waals surface area contributed by atoms with Crippen LogP contribution in [0.5, 0.6) is 0 Å². The van der Waals surface area contributed by atoms with E-state index in [2.05, 4.69) is 5.10 Å². The molecule has 0 unspecified atom stereocenters. The fourth-order valence-electron chi connectivity index (χ4n) is 3.09. The molecule has 0 saturated heterocycles. The molecular weight excluding hydrogens is 369 g/mol. The molecule has 2 heterocycles. The molecule has 1 N–H and O–H groups in total. The monoisotopic (exact) mass is 383 g/mol. The highest BCUT2D eigenvalue weighted by atomic mass is 35.5. The van der Waals surface area contributed by atoms with E-state index in [1.54, 1.807) is 18.5 Å². The highest BCUT2D eigenvalue weighted by Crippen LogP contribution is 2.25. The molecule has 0 atom stereocenters. The van der Waals surface area contributed by atoms with E-state index in [-0.39, 0.29) is 23.7 Å². The van der Waals surface area contributed by atoms with E-state index >= 15 is 0 Å². The number of halogens is 2. The molecule has 4 aromatic rings. The first-order valence-corrected chi connectivity index (χ1v) is 8.67. The third kappa shape index (κ3) is 3.13. The molecule has 4 rings (SSSR count). The fourth-order valence-corrected chi connectivity index (χ4v) is 3.31. The molecule has 0 bridgehead atoms. The van der Waals surface area contributed by atoms with Crippen molar-refractivity contribution in [2.45, 2.75) is 13.2 Å². The summed E-state index contributed by atoms with van der Waals surface area (Å²) in [6.07, 6.45) is 3.25. The second-order valence-electron chi connectivity index (χ2n) is 6.11. The molecule has 2 aromatic carbocycles. The Labute approximate surface area is 158 Å². The summed E-state index contributed by atoms with van der Waals surface area (Å²) in [6.45, 7) is -0.130. The average Bonchev–Trinajstić information content (AvgIpc) is 3.06. The number of aliphatic hydroxyl groups is 1. The third-order valence-corrected chi connectivity index (χ3v) is 4.77. The van der Waals surface area contributed by atoms with Gasteiger partial charge in [-0.2, -0.15) is 5.10 Å². The predicted molar refractivity (Wildman–Crippen MR) is 101 cm³/mol. The number of nitrogens with zero attached hydrogens (tertiary/aromatic N) is 3. The lowest BCUT2D eigenvalue weighted by molar-refractivity contribution is 0.283. The molecule has 0 spiro atoms. The van der Waals surface area contributed by atoms with Gasteiger partial charge in [-0.1, -0.05) is 48.0 Å². The Morgan fingerprint density at radius 2 is 1.89 bits per heavy atom. The van der Waals surface area contributed by atoms with Gasteiger partial charge in [0, 0.05) is 28.5 Å². The minimum atomic E-state index is -0.433. The SMILES string of the molecule is O=c1c2c(CO)c(-c3ccccc3)nn2ccn1Cc1ccc(F)cc1Cl. The fraction of sp³-hybridized carbons (Fsp3) is 0.100. The van der Waals surface area contributed by atoms with Crippen LogP contribution < -0.4 is 5.56 Å². The van der Waals surface area contributed by atoms with Crippen LogP contribution in [0.3, 0.4) is 0 Å². The summed E-state index contributed by atoms with van der Waals surface area (Å²) in [4.78, 5) is 13.0. The molecule has 7 heteroatoms. The zero-order chi connectivity index (χ0) is 19.0. The van der Waals surface area contributed by atoms with Crippen LogP contribution in [0.1, 0.15) is 11.1 Å². The molecule has 0 amide bonds. The Balaban J connectivity index is 1.85. The van der Waals surface area contributed by atoms with Crippen LogP contribution in [0.4, 0.5) is 4.39 Å².